The van der Waals surface area contributed by atoms with E-state index in [0.29, 0.717) is 5.92 Å². The molecule has 0 aromatic rings. The Kier molecular flexibility index (Phi) is 10.1. The van der Waals surface area contributed by atoms with E-state index in [0.717, 1.165) is 44.8 Å². The van der Waals surface area contributed by atoms with Crippen LogP contribution in [0.15, 0.2) is 0 Å². The molecule has 0 bridgehead atoms. The van der Waals surface area contributed by atoms with Crippen LogP contribution >= 0.6 is 0 Å². The molecular formula is C13H30O3Si. The van der Waals surface area contributed by atoms with Crippen LogP contribution in [-0.2, 0) is 13.6 Å². The summed E-state index contributed by atoms with van der Waals surface area (Å²) in [6, 6.07) is 2.08. The monoisotopic (exact) mass is 262 g/mol. The van der Waals surface area contributed by atoms with Gasteiger partial charge in [-0.1, -0.05) is 27.7 Å². The first-order valence-electron chi connectivity index (χ1n) is 6.90. The van der Waals surface area contributed by atoms with Crippen molar-refractivity contribution in [2.24, 2.45) is 5.92 Å². The molecule has 0 aliphatic carbocycles. The highest BCUT2D eigenvalue weighted by molar-refractivity contribution is 6.67. The van der Waals surface area contributed by atoms with Gasteiger partial charge in [0.1, 0.15) is 0 Å². The van der Waals surface area contributed by atoms with Gasteiger partial charge in [0, 0.05) is 26.9 Å². The highest BCUT2D eigenvalue weighted by Crippen LogP contribution is 2.20. The molecule has 1 unspecified atom stereocenters. The summed E-state index contributed by atoms with van der Waals surface area (Å²) in [5.74, 6) is 0.546. The first-order valence-corrected chi connectivity index (χ1v) is 9.14. The van der Waals surface area contributed by atoms with Crippen molar-refractivity contribution in [3.05, 3.63) is 0 Å². The maximum atomic E-state index is 6.15. The molecule has 0 heterocycles. The summed E-state index contributed by atoms with van der Waals surface area (Å²) in [7, 11) is -0.162. The van der Waals surface area contributed by atoms with Gasteiger partial charge in [-0.15, -0.1) is 0 Å². The molecule has 3 nitrogen and oxygen atoms in total. The summed E-state index contributed by atoms with van der Waals surface area (Å²) >= 11 is 0. The van der Waals surface area contributed by atoms with Gasteiger partial charge in [-0.05, 0) is 30.8 Å². The molecular weight excluding hydrogens is 232 g/mol. The van der Waals surface area contributed by atoms with Gasteiger partial charge >= 0.3 is 8.56 Å². The average molecular weight is 262 g/mol. The van der Waals surface area contributed by atoms with Gasteiger partial charge in [0.15, 0.2) is 0 Å². The molecule has 0 aromatic heterocycles. The summed E-state index contributed by atoms with van der Waals surface area (Å²) in [6.07, 6.45) is 2.12. The summed E-state index contributed by atoms with van der Waals surface area (Å²) in [5.41, 5.74) is 0. The molecule has 0 saturated carbocycles. The van der Waals surface area contributed by atoms with Crippen molar-refractivity contribution in [2.75, 3.05) is 26.9 Å². The zero-order valence-electron chi connectivity index (χ0n) is 12.3. The van der Waals surface area contributed by atoms with Crippen LogP contribution in [0.5, 0.6) is 0 Å². The third kappa shape index (κ3) is 7.19. The Balaban J connectivity index is 4.05. The molecule has 0 N–H and O–H groups in total. The number of methoxy groups -OCH3 is 1. The predicted octanol–water partition coefficient (Wildman–Crippen LogP) is 3.58. The molecule has 0 saturated heterocycles. The van der Waals surface area contributed by atoms with Crippen LogP contribution in [0, 0.1) is 5.92 Å². The SMILES string of the molecule is CCCO[Si](CC)(CC)OCC(C)CCOC. The Morgan fingerprint density at radius 1 is 1.00 bits per heavy atom. The lowest BCUT2D eigenvalue weighted by Crippen LogP contribution is -2.42. The molecule has 0 amide bonds. The molecule has 0 radical (unpaired) electrons. The van der Waals surface area contributed by atoms with E-state index in [2.05, 4.69) is 27.7 Å². The minimum atomic E-state index is -1.91. The van der Waals surface area contributed by atoms with Gasteiger partial charge in [-0.25, -0.2) is 0 Å². The molecule has 104 valence electrons. The maximum Gasteiger partial charge on any atom is 0.337 e. The van der Waals surface area contributed by atoms with E-state index in [-0.39, 0.29) is 0 Å². The molecule has 0 fully saturated rings. The Hall–Kier alpha value is 0.0969. The smallest absolute Gasteiger partial charge is 0.337 e. The van der Waals surface area contributed by atoms with Gasteiger partial charge in [0.25, 0.3) is 0 Å². The maximum absolute atomic E-state index is 6.15. The van der Waals surface area contributed by atoms with Gasteiger partial charge in [-0.2, -0.15) is 0 Å². The lowest BCUT2D eigenvalue weighted by atomic mass is 10.1. The van der Waals surface area contributed by atoms with Crippen molar-refractivity contribution >= 4 is 8.56 Å². The van der Waals surface area contributed by atoms with Gasteiger partial charge < -0.3 is 13.6 Å². The van der Waals surface area contributed by atoms with E-state index in [4.69, 9.17) is 13.6 Å². The van der Waals surface area contributed by atoms with Crippen LogP contribution in [0.2, 0.25) is 12.1 Å². The topological polar surface area (TPSA) is 27.7 Å². The predicted molar refractivity (Wildman–Crippen MR) is 74.6 cm³/mol. The lowest BCUT2D eigenvalue weighted by molar-refractivity contribution is 0.126. The summed E-state index contributed by atoms with van der Waals surface area (Å²) in [4.78, 5) is 0. The average Bonchev–Trinajstić information content (AvgIpc) is 2.37. The van der Waals surface area contributed by atoms with E-state index in [9.17, 15) is 0 Å². The second kappa shape index (κ2) is 10.1. The number of ether oxygens (including phenoxy) is 1. The fraction of sp³-hybridized carbons (Fsp3) is 1.00. The van der Waals surface area contributed by atoms with Gasteiger partial charge in [0.05, 0.1) is 0 Å². The van der Waals surface area contributed by atoms with Crippen molar-refractivity contribution in [2.45, 2.75) is 52.6 Å². The molecule has 0 aliphatic rings. The molecule has 4 heteroatoms. The van der Waals surface area contributed by atoms with Crippen molar-refractivity contribution in [1.29, 1.82) is 0 Å². The van der Waals surface area contributed by atoms with Crippen LogP contribution in [0.3, 0.4) is 0 Å². The molecule has 0 spiro atoms. The van der Waals surface area contributed by atoms with Crippen LogP contribution < -0.4 is 0 Å². The zero-order chi connectivity index (χ0) is 13.1. The molecule has 17 heavy (non-hydrogen) atoms. The van der Waals surface area contributed by atoms with E-state index < -0.39 is 8.56 Å². The normalized spacial score (nSPS) is 13.9. The number of hydrogen-bond donors (Lipinski definition) is 0. The van der Waals surface area contributed by atoms with Gasteiger partial charge in [0.2, 0.25) is 0 Å². The van der Waals surface area contributed by atoms with E-state index >= 15 is 0 Å². The Bertz CT molecular complexity index is 172. The van der Waals surface area contributed by atoms with Crippen LogP contribution in [0.4, 0.5) is 0 Å². The lowest BCUT2D eigenvalue weighted by Gasteiger charge is -2.30. The van der Waals surface area contributed by atoms with Crippen molar-refractivity contribution in [3.8, 4) is 0 Å². The Morgan fingerprint density at radius 2 is 1.65 bits per heavy atom. The van der Waals surface area contributed by atoms with Crippen molar-refractivity contribution < 1.29 is 13.6 Å². The van der Waals surface area contributed by atoms with Crippen LogP contribution in [0.25, 0.3) is 0 Å². The van der Waals surface area contributed by atoms with Crippen molar-refractivity contribution in [1.82, 2.24) is 0 Å². The van der Waals surface area contributed by atoms with Crippen LogP contribution in [0.1, 0.15) is 40.5 Å². The minimum Gasteiger partial charge on any atom is -0.394 e. The van der Waals surface area contributed by atoms with Crippen LogP contribution in [-0.4, -0.2) is 35.5 Å². The second-order valence-corrected chi connectivity index (χ2v) is 8.48. The first-order chi connectivity index (χ1) is 8.14. The zero-order valence-corrected chi connectivity index (χ0v) is 13.3. The van der Waals surface area contributed by atoms with Gasteiger partial charge in [-0.3, -0.25) is 0 Å². The fourth-order valence-electron chi connectivity index (χ4n) is 1.68. The van der Waals surface area contributed by atoms with E-state index in [1.54, 1.807) is 7.11 Å². The summed E-state index contributed by atoms with van der Waals surface area (Å²) in [6.45, 7) is 11.2. The molecule has 1 atom stereocenters. The second-order valence-electron chi connectivity index (χ2n) is 4.66. The van der Waals surface area contributed by atoms with E-state index in [1.165, 1.54) is 0 Å². The third-order valence-corrected chi connectivity index (χ3v) is 6.67. The summed E-state index contributed by atoms with van der Waals surface area (Å²) in [5, 5.41) is 0. The highest BCUT2D eigenvalue weighted by atomic mass is 28.4. The minimum absolute atomic E-state index is 0.546. The number of rotatable bonds is 11. The number of hydrogen-bond acceptors (Lipinski definition) is 3. The Labute approximate surface area is 108 Å². The fourth-order valence-corrected chi connectivity index (χ4v) is 4.25. The summed E-state index contributed by atoms with van der Waals surface area (Å²) < 4.78 is 17.3. The standard InChI is InChI=1S/C13H30O3Si/c1-6-10-15-17(7-2,8-3)16-12-13(4)9-11-14-5/h13H,6-12H2,1-5H3. The third-order valence-electron chi connectivity index (χ3n) is 3.09. The molecule has 0 aliphatic heterocycles. The van der Waals surface area contributed by atoms with E-state index in [1.807, 2.05) is 0 Å². The Morgan fingerprint density at radius 3 is 2.12 bits per heavy atom. The molecule has 0 aromatic carbocycles. The largest absolute Gasteiger partial charge is 0.394 e. The van der Waals surface area contributed by atoms with Crippen molar-refractivity contribution in [3.63, 3.8) is 0 Å². The highest BCUT2D eigenvalue weighted by Gasteiger charge is 2.33. The first kappa shape index (κ1) is 17.1. The molecule has 0 rings (SSSR count). The quantitative estimate of drug-likeness (QED) is 0.533.